The summed E-state index contributed by atoms with van der Waals surface area (Å²) in [6.07, 6.45) is 1.01. The number of carbonyl (C=O) groups excluding carboxylic acids is 3. The number of fused-ring (bicyclic) bond motifs is 1. The number of nitrogens with one attached hydrogen (secondary N) is 1. The maximum Gasteiger partial charge on any atom is 0.244 e. The van der Waals surface area contributed by atoms with Crippen LogP contribution < -0.4 is 5.32 Å². The highest BCUT2D eigenvalue weighted by Gasteiger charge is 2.38. The SMILES string of the molecule is CC(=O)N1CCc2ccccc2C1CC(=O)N1CSCC1C(=O)NC(C)(C)C. The van der Waals surface area contributed by atoms with E-state index in [0.29, 0.717) is 18.2 Å². The summed E-state index contributed by atoms with van der Waals surface area (Å²) in [7, 11) is 0. The lowest BCUT2D eigenvalue weighted by atomic mass is 9.90. The average molecular weight is 404 g/mol. The second-order valence-electron chi connectivity index (χ2n) is 8.50. The number of amides is 3. The zero-order chi connectivity index (χ0) is 20.5. The predicted molar refractivity (Wildman–Crippen MR) is 111 cm³/mol. The fourth-order valence-electron chi connectivity index (χ4n) is 3.89. The van der Waals surface area contributed by atoms with Gasteiger partial charge in [-0.1, -0.05) is 24.3 Å². The number of rotatable bonds is 3. The molecule has 2 heterocycles. The lowest BCUT2D eigenvalue weighted by Crippen LogP contribution is -2.53. The molecule has 28 heavy (non-hydrogen) atoms. The first-order valence-corrected chi connectivity index (χ1v) is 10.9. The van der Waals surface area contributed by atoms with Crippen LogP contribution >= 0.6 is 11.8 Å². The Labute approximate surface area is 171 Å². The molecule has 0 spiro atoms. The van der Waals surface area contributed by atoms with Crippen LogP contribution in [-0.4, -0.2) is 57.3 Å². The number of benzene rings is 1. The molecule has 7 heteroatoms. The number of thioether (sulfide) groups is 1. The molecule has 2 unspecified atom stereocenters. The first kappa shape index (κ1) is 20.7. The van der Waals surface area contributed by atoms with E-state index in [0.717, 1.165) is 12.0 Å². The molecular formula is C21H29N3O3S. The van der Waals surface area contributed by atoms with Gasteiger partial charge in [-0.25, -0.2) is 0 Å². The molecule has 0 bridgehead atoms. The highest BCUT2D eigenvalue weighted by molar-refractivity contribution is 7.99. The number of hydrogen-bond acceptors (Lipinski definition) is 4. The van der Waals surface area contributed by atoms with E-state index in [1.807, 2.05) is 39.0 Å². The van der Waals surface area contributed by atoms with Crippen molar-refractivity contribution in [3.63, 3.8) is 0 Å². The van der Waals surface area contributed by atoms with Crippen molar-refractivity contribution >= 4 is 29.5 Å². The van der Waals surface area contributed by atoms with Crippen LogP contribution in [0.2, 0.25) is 0 Å². The van der Waals surface area contributed by atoms with Crippen LogP contribution in [0.15, 0.2) is 24.3 Å². The normalized spacial score (nSPS) is 22.0. The van der Waals surface area contributed by atoms with Gasteiger partial charge in [0.15, 0.2) is 0 Å². The molecule has 152 valence electrons. The van der Waals surface area contributed by atoms with Gasteiger partial charge in [-0.2, -0.15) is 0 Å². The molecule has 0 aromatic heterocycles. The van der Waals surface area contributed by atoms with Crippen molar-refractivity contribution in [3.05, 3.63) is 35.4 Å². The van der Waals surface area contributed by atoms with Gasteiger partial charge in [0.25, 0.3) is 0 Å². The van der Waals surface area contributed by atoms with E-state index in [-0.39, 0.29) is 35.7 Å². The molecule has 0 aliphatic carbocycles. The molecule has 1 fully saturated rings. The number of nitrogens with zero attached hydrogens (tertiary/aromatic N) is 2. The molecule has 6 nitrogen and oxygen atoms in total. The van der Waals surface area contributed by atoms with Crippen molar-refractivity contribution in [2.75, 3.05) is 18.2 Å². The van der Waals surface area contributed by atoms with Crippen molar-refractivity contribution in [2.24, 2.45) is 0 Å². The smallest absolute Gasteiger partial charge is 0.244 e. The first-order valence-electron chi connectivity index (χ1n) is 9.71. The van der Waals surface area contributed by atoms with Gasteiger partial charge in [0.1, 0.15) is 6.04 Å². The van der Waals surface area contributed by atoms with E-state index < -0.39 is 6.04 Å². The maximum atomic E-state index is 13.2. The molecule has 1 aromatic rings. The second-order valence-corrected chi connectivity index (χ2v) is 9.50. The van der Waals surface area contributed by atoms with Crippen molar-refractivity contribution in [2.45, 2.75) is 58.2 Å². The van der Waals surface area contributed by atoms with Crippen LogP contribution in [0.1, 0.15) is 51.3 Å². The van der Waals surface area contributed by atoms with E-state index in [9.17, 15) is 14.4 Å². The Morgan fingerprint density at radius 2 is 1.89 bits per heavy atom. The monoisotopic (exact) mass is 403 g/mol. The number of hydrogen-bond donors (Lipinski definition) is 1. The van der Waals surface area contributed by atoms with Crippen molar-refractivity contribution in [1.29, 1.82) is 0 Å². The Balaban J connectivity index is 1.78. The van der Waals surface area contributed by atoms with Gasteiger partial charge < -0.3 is 15.1 Å². The Bertz CT molecular complexity index is 774. The highest BCUT2D eigenvalue weighted by atomic mass is 32.2. The van der Waals surface area contributed by atoms with Gasteiger partial charge in [-0.3, -0.25) is 14.4 Å². The highest BCUT2D eigenvalue weighted by Crippen LogP contribution is 2.34. The van der Waals surface area contributed by atoms with Gasteiger partial charge in [0, 0.05) is 24.8 Å². The first-order chi connectivity index (χ1) is 13.2. The Morgan fingerprint density at radius 3 is 2.57 bits per heavy atom. The van der Waals surface area contributed by atoms with Gasteiger partial charge in [-0.05, 0) is 38.3 Å². The second kappa shape index (κ2) is 8.15. The molecule has 2 aliphatic heterocycles. The minimum absolute atomic E-state index is 0.0230. The molecule has 0 saturated carbocycles. The fourth-order valence-corrected chi connectivity index (χ4v) is 5.07. The predicted octanol–water partition coefficient (Wildman–Crippen LogP) is 2.34. The summed E-state index contributed by atoms with van der Waals surface area (Å²) in [5.41, 5.74) is 1.89. The summed E-state index contributed by atoms with van der Waals surface area (Å²) in [6, 6.07) is 7.28. The third-order valence-electron chi connectivity index (χ3n) is 5.19. The summed E-state index contributed by atoms with van der Waals surface area (Å²) in [6.45, 7) is 7.97. The topological polar surface area (TPSA) is 69.7 Å². The third-order valence-corrected chi connectivity index (χ3v) is 6.20. The molecule has 2 atom stereocenters. The van der Waals surface area contributed by atoms with E-state index in [1.165, 1.54) is 5.56 Å². The van der Waals surface area contributed by atoms with Crippen LogP contribution in [0.25, 0.3) is 0 Å². The van der Waals surface area contributed by atoms with Crippen LogP contribution in [0.3, 0.4) is 0 Å². The van der Waals surface area contributed by atoms with Crippen LogP contribution in [-0.2, 0) is 20.8 Å². The minimum Gasteiger partial charge on any atom is -0.350 e. The van der Waals surface area contributed by atoms with Crippen LogP contribution in [0.5, 0.6) is 0 Å². The van der Waals surface area contributed by atoms with Gasteiger partial charge in [0.05, 0.1) is 18.3 Å². The Hall–Kier alpha value is -2.02. The molecule has 0 radical (unpaired) electrons. The molecule has 3 amide bonds. The van der Waals surface area contributed by atoms with Gasteiger partial charge in [-0.15, -0.1) is 11.8 Å². The Morgan fingerprint density at radius 1 is 1.18 bits per heavy atom. The zero-order valence-electron chi connectivity index (χ0n) is 17.0. The van der Waals surface area contributed by atoms with Crippen LogP contribution in [0, 0.1) is 0 Å². The average Bonchev–Trinajstić information content (AvgIpc) is 3.10. The lowest BCUT2D eigenvalue weighted by molar-refractivity contribution is -0.141. The molecule has 1 aromatic carbocycles. The summed E-state index contributed by atoms with van der Waals surface area (Å²) >= 11 is 1.59. The quantitative estimate of drug-likeness (QED) is 0.841. The molecule has 2 aliphatic rings. The van der Waals surface area contributed by atoms with E-state index in [1.54, 1.807) is 28.5 Å². The van der Waals surface area contributed by atoms with Gasteiger partial charge >= 0.3 is 0 Å². The largest absolute Gasteiger partial charge is 0.350 e. The Kier molecular flexibility index (Phi) is 6.03. The van der Waals surface area contributed by atoms with E-state index in [4.69, 9.17) is 0 Å². The fraction of sp³-hybridized carbons (Fsp3) is 0.571. The molecule has 1 N–H and O–H groups in total. The summed E-state index contributed by atoms with van der Waals surface area (Å²) < 4.78 is 0. The van der Waals surface area contributed by atoms with E-state index >= 15 is 0 Å². The summed E-state index contributed by atoms with van der Waals surface area (Å²) in [4.78, 5) is 41.5. The van der Waals surface area contributed by atoms with Crippen LogP contribution in [0.4, 0.5) is 0 Å². The molecular weight excluding hydrogens is 374 g/mol. The standard InChI is InChI=1S/C21H29N3O3S/c1-14(25)23-10-9-15-7-5-6-8-16(15)17(23)11-19(26)24-13-28-12-18(24)20(27)22-21(2,3)4/h5-8,17-18H,9-13H2,1-4H3,(H,22,27). The lowest BCUT2D eigenvalue weighted by Gasteiger charge is -2.37. The third kappa shape index (κ3) is 4.51. The molecule has 1 saturated heterocycles. The van der Waals surface area contributed by atoms with E-state index in [2.05, 4.69) is 11.4 Å². The van der Waals surface area contributed by atoms with Gasteiger partial charge in [0.2, 0.25) is 17.7 Å². The summed E-state index contributed by atoms with van der Waals surface area (Å²) in [5, 5.41) is 2.98. The summed E-state index contributed by atoms with van der Waals surface area (Å²) in [5.74, 6) is 0.899. The molecule has 3 rings (SSSR count). The zero-order valence-corrected chi connectivity index (χ0v) is 17.8. The van der Waals surface area contributed by atoms with Crippen molar-refractivity contribution < 1.29 is 14.4 Å². The van der Waals surface area contributed by atoms with Crippen molar-refractivity contribution in [3.8, 4) is 0 Å². The maximum absolute atomic E-state index is 13.2. The van der Waals surface area contributed by atoms with Crippen molar-refractivity contribution in [1.82, 2.24) is 15.1 Å². The number of carbonyl (C=O) groups is 3. The minimum atomic E-state index is -0.457.